The lowest BCUT2D eigenvalue weighted by Gasteiger charge is -2.15. The Labute approximate surface area is 162 Å². The van der Waals surface area contributed by atoms with E-state index in [9.17, 15) is 8.42 Å². The third-order valence-corrected chi connectivity index (χ3v) is 7.99. The number of aryl methyl sites for hydroxylation is 2. The van der Waals surface area contributed by atoms with E-state index < -0.39 is 19.2 Å². The van der Waals surface area contributed by atoms with Gasteiger partial charge in [-0.25, -0.2) is 4.21 Å². The number of hydrogen-bond donors (Lipinski definition) is 1. The van der Waals surface area contributed by atoms with Crippen LogP contribution in [-0.4, -0.2) is 20.2 Å². The van der Waals surface area contributed by atoms with Gasteiger partial charge in [0, 0.05) is 29.9 Å². The fraction of sp³-hybridized carbons (Fsp3) is 0.0909. The van der Waals surface area contributed by atoms with E-state index >= 15 is 0 Å². The van der Waals surface area contributed by atoms with Crippen LogP contribution in [0.15, 0.2) is 87.5 Å². The van der Waals surface area contributed by atoms with Crippen molar-refractivity contribution in [1.29, 1.82) is 0 Å². The van der Waals surface area contributed by atoms with Gasteiger partial charge in [0.2, 0.25) is 0 Å². The van der Waals surface area contributed by atoms with Gasteiger partial charge in [-0.05, 0) is 74.1 Å². The van der Waals surface area contributed by atoms with E-state index in [0.717, 1.165) is 11.1 Å². The minimum Gasteiger partial charge on any atom is -0.309 e. The van der Waals surface area contributed by atoms with Crippen LogP contribution < -0.4 is 4.72 Å². The number of rotatable bonds is 5. The van der Waals surface area contributed by atoms with Crippen LogP contribution in [0.5, 0.6) is 0 Å². The first-order valence-electron chi connectivity index (χ1n) is 8.44. The molecular weight excluding hydrogens is 374 g/mol. The fourth-order valence-electron chi connectivity index (χ4n) is 2.64. The van der Waals surface area contributed by atoms with E-state index in [2.05, 4.69) is 16.5 Å². The zero-order valence-electron chi connectivity index (χ0n) is 15.5. The highest BCUT2D eigenvalue weighted by Gasteiger charge is 2.12. The first kappa shape index (κ1) is 19.3. The van der Waals surface area contributed by atoms with Crippen LogP contribution in [0.1, 0.15) is 11.1 Å². The van der Waals surface area contributed by atoms with Crippen molar-refractivity contribution in [3.63, 3.8) is 0 Å². The minimum absolute atomic E-state index is 0.628. The van der Waals surface area contributed by atoms with Gasteiger partial charge in [0.05, 0.1) is 9.71 Å². The summed E-state index contributed by atoms with van der Waals surface area (Å²) in [6, 6.07) is 22.0. The molecule has 3 rings (SSSR count). The lowest BCUT2D eigenvalue weighted by Crippen LogP contribution is -2.12. The third kappa shape index (κ3) is 4.26. The van der Waals surface area contributed by atoms with Crippen LogP contribution in [0.4, 0.5) is 5.69 Å². The molecule has 3 aromatic carbocycles. The van der Waals surface area contributed by atoms with Crippen molar-refractivity contribution in [3.05, 3.63) is 83.9 Å². The van der Waals surface area contributed by atoms with Crippen molar-refractivity contribution in [2.24, 2.45) is 0 Å². The summed E-state index contributed by atoms with van der Waals surface area (Å²) >= 11 is 0. The lowest BCUT2D eigenvalue weighted by molar-refractivity contribution is 0.681. The van der Waals surface area contributed by atoms with E-state index in [1.54, 1.807) is 24.3 Å². The van der Waals surface area contributed by atoms with E-state index in [-0.39, 0.29) is 0 Å². The first-order chi connectivity index (χ1) is 12.7. The summed E-state index contributed by atoms with van der Waals surface area (Å²) in [7, 11) is -5.26. The molecule has 0 saturated carbocycles. The van der Waals surface area contributed by atoms with Crippen molar-refractivity contribution in [3.8, 4) is 0 Å². The summed E-state index contributed by atoms with van der Waals surface area (Å²) in [4.78, 5) is 1.95. The molecule has 0 heterocycles. The van der Waals surface area contributed by atoms with Gasteiger partial charge in [0.1, 0.15) is 0 Å². The van der Waals surface area contributed by atoms with Gasteiger partial charge in [-0.15, -0.1) is 0 Å². The van der Waals surface area contributed by atoms with Crippen molar-refractivity contribution in [2.45, 2.75) is 28.5 Å². The molecule has 0 aliphatic heterocycles. The molecule has 140 valence electrons. The molecule has 3 aromatic rings. The zero-order chi connectivity index (χ0) is 19.7. The van der Waals surface area contributed by atoms with E-state index in [4.69, 9.17) is 0 Å². The Bertz CT molecular complexity index is 1140. The second-order valence-electron chi connectivity index (χ2n) is 6.60. The largest absolute Gasteiger partial charge is 0.309 e. The molecule has 3 nitrogen and oxygen atoms in total. The van der Waals surface area contributed by atoms with Gasteiger partial charge in [-0.2, -0.15) is 0 Å². The molecule has 0 radical (unpaired) electrons. The molecule has 2 atom stereocenters. The zero-order valence-corrected chi connectivity index (χ0v) is 17.1. The molecule has 0 aromatic heterocycles. The summed E-state index contributed by atoms with van der Waals surface area (Å²) in [6.45, 7) is 3.96. The Hall–Kier alpha value is -2.50. The molecule has 0 bridgehead atoms. The molecule has 0 aliphatic rings. The summed E-state index contributed by atoms with van der Waals surface area (Å²) < 4.78 is 29.0. The molecule has 27 heavy (non-hydrogen) atoms. The smallest absolute Gasteiger partial charge is 0.0738 e. The van der Waals surface area contributed by atoms with Crippen LogP contribution >= 0.6 is 0 Å². The standard InChI is InChI=1S/C22H23NO2S2/c1-17-5-11-20(12-6-17)26(3,24)21-15-9-19(10-16-21)23-27(4,25)22-13-7-18(2)8-14-22/h5-16H,3-4H2,1-2H3,(H,23,25). The average Bonchev–Trinajstić information content (AvgIpc) is 2.62. The van der Waals surface area contributed by atoms with Gasteiger partial charge >= 0.3 is 0 Å². The monoisotopic (exact) mass is 397 g/mol. The molecule has 5 heteroatoms. The summed E-state index contributed by atoms with van der Waals surface area (Å²) in [6.07, 6.45) is 0. The quantitative estimate of drug-likeness (QED) is 0.643. The van der Waals surface area contributed by atoms with Crippen LogP contribution in [-0.2, 0) is 19.2 Å². The van der Waals surface area contributed by atoms with Crippen molar-refractivity contribution >= 4 is 36.7 Å². The Morgan fingerprint density at radius 1 is 0.630 bits per heavy atom. The number of hydrogen-bond acceptors (Lipinski definition) is 2. The van der Waals surface area contributed by atoms with Crippen molar-refractivity contribution in [2.75, 3.05) is 4.72 Å². The van der Waals surface area contributed by atoms with E-state index in [1.807, 2.05) is 62.4 Å². The molecule has 0 aliphatic carbocycles. The van der Waals surface area contributed by atoms with Gasteiger partial charge in [0.15, 0.2) is 0 Å². The Morgan fingerprint density at radius 3 is 1.44 bits per heavy atom. The maximum atomic E-state index is 13.2. The molecular formula is C22H23NO2S2. The minimum atomic E-state index is -2.67. The van der Waals surface area contributed by atoms with Gasteiger partial charge in [0.25, 0.3) is 0 Å². The Kier molecular flexibility index (Phi) is 5.18. The normalized spacial score (nSPS) is 15.5. The lowest BCUT2D eigenvalue weighted by atomic mass is 10.2. The van der Waals surface area contributed by atoms with Crippen LogP contribution in [0.25, 0.3) is 0 Å². The summed E-state index contributed by atoms with van der Waals surface area (Å²) in [5.41, 5.74) is 2.85. The molecule has 0 fully saturated rings. The van der Waals surface area contributed by atoms with Crippen LogP contribution in [0, 0.1) is 13.8 Å². The maximum absolute atomic E-state index is 13.2. The summed E-state index contributed by atoms with van der Waals surface area (Å²) in [5, 5.41) is 0. The summed E-state index contributed by atoms with van der Waals surface area (Å²) in [5.74, 6) is 7.78. The van der Waals surface area contributed by atoms with Crippen molar-refractivity contribution < 1.29 is 8.42 Å². The second kappa shape index (κ2) is 7.25. The Balaban J connectivity index is 1.85. The van der Waals surface area contributed by atoms with E-state index in [0.29, 0.717) is 20.4 Å². The van der Waals surface area contributed by atoms with E-state index in [1.165, 1.54) is 0 Å². The van der Waals surface area contributed by atoms with Gasteiger partial charge in [-0.3, -0.25) is 4.21 Å². The molecule has 0 amide bonds. The highest BCUT2D eigenvalue weighted by molar-refractivity contribution is 8.01. The average molecular weight is 398 g/mol. The molecule has 0 spiro atoms. The van der Waals surface area contributed by atoms with Crippen molar-refractivity contribution in [1.82, 2.24) is 0 Å². The maximum Gasteiger partial charge on any atom is 0.0738 e. The fourth-order valence-corrected chi connectivity index (χ4v) is 5.28. The number of nitrogens with one attached hydrogen (secondary N) is 1. The highest BCUT2D eigenvalue weighted by Crippen LogP contribution is 2.24. The highest BCUT2D eigenvalue weighted by atomic mass is 32.2. The third-order valence-electron chi connectivity index (χ3n) is 4.32. The van der Waals surface area contributed by atoms with Crippen LogP contribution in [0.3, 0.4) is 0 Å². The number of benzene rings is 3. The first-order valence-corrected chi connectivity index (χ1v) is 11.9. The molecule has 0 saturated heterocycles. The Morgan fingerprint density at radius 2 is 1.00 bits per heavy atom. The molecule has 2 unspecified atom stereocenters. The van der Waals surface area contributed by atoms with Gasteiger partial charge in [-0.1, -0.05) is 35.4 Å². The predicted molar refractivity (Wildman–Crippen MR) is 118 cm³/mol. The van der Waals surface area contributed by atoms with Crippen LogP contribution in [0.2, 0.25) is 0 Å². The second-order valence-corrected chi connectivity index (χ2v) is 10.9. The topological polar surface area (TPSA) is 46.2 Å². The predicted octanol–water partition coefficient (Wildman–Crippen LogP) is 4.54. The van der Waals surface area contributed by atoms with Gasteiger partial charge < -0.3 is 4.72 Å². The number of anilines is 1. The molecule has 1 N–H and O–H groups in total. The SMILES string of the molecule is C=S(=O)(Nc1ccc(S(=C)(=O)c2ccc(C)cc2)cc1)c1ccc(C)cc1.